The molecule has 58 valence electrons. The fourth-order valence-electron chi connectivity index (χ4n) is 0. The van der Waals surface area contributed by atoms with Gasteiger partial charge < -0.3 is 15.5 Å². The van der Waals surface area contributed by atoms with E-state index in [1.54, 1.807) is 0 Å². The second-order valence-electron chi connectivity index (χ2n) is 1.91. The fourth-order valence-corrected chi connectivity index (χ4v) is 0. The summed E-state index contributed by atoms with van der Waals surface area (Å²) in [7, 11) is -3.13. The minimum Gasteiger partial charge on any atom is -0.330 e. The van der Waals surface area contributed by atoms with Gasteiger partial charge in [0.2, 0.25) is 0 Å². The van der Waals surface area contributed by atoms with Gasteiger partial charge in [0.15, 0.2) is 0 Å². The molecule has 4 nitrogen and oxygen atoms in total. The predicted molar refractivity (Wildman–Crippen MR) is 37.3 cm³/mol. The molecular weight excluding hydrogens is 141 g/mol. The minimum absolute atomic E-state index is 0.662. The van der Waals surface area contributed by atoms with Crippen LogP contribution in [0.5, 0.6) is 0 Å². The average molecular weight is 155 g/mol. The number of rotatable bonds is 1. The standard InChI is InChI=1S/C4H11N.H3O3P/c1-4(2)3-5;1-4(2)3/h4H,3,5H2,1-2H3;4H,(H2,1,2,3). The first kappa shape index (κ1) is 11.9. The summed E-state index contributed by atoms with van der Waals surface area (Å²) in [6.07, 6.45) is 0. The van der Waals surface area contributed by atoms with Gasteiger partial charge in [0, 0.05) is 0 Å². The van der Waals surface area contributed by atoms with E-state index in [0.29, 0.717) is 5.92 Å². The number of hydrogen-bond donors (Lipinski definition) is 3. The topological polar surface area (TPSA) is 83.6 Å². The molecule has 0 heterocycles. The largest absolute Gasteiger partial charge is 0.330 e. The summed E-state index contributed by atoms with van der Waals surface area (Å²) in [4.78, 5) is 14.3. The van der Waals surface area contributed by atoms with Crippen LogP contribution < -0.4 is 5.73 Å². The van der Waals surface area contributed by atoms with Crippen molar-refractivity contribution in [2.45, 2.75) is 13.8 Å². The van der Waals surface area contributed by atoms with E-state index < -0.39 is 8.25 Å². The molecule has 9 heavy (non-hydrogen) atoms. The third-order valence-electron chi connectivity index (χ3n) is 0.471. The van der Waals surface area contributed by atoms with Crippen LogP contribution in [-0.4, -0.2) is 16.3 Å². The molecule has 0 fully saturated rings. The van der Waals surface area contributed by atoms with Crippen LogP contribution in [0, 0.1) is 5.92 Å². The summed E-state index contributed by atoms with van der Waals surface area (Å²) >= 11 is 0. The molecule has 4 N–H and O–H groups in total. The second-order valence-corrected chi connectivity index (χ2v) is 2.48. The van der Waals surface area contributed by atoms with Gasteiger partial charge in [-0.3, -0.25) is 4.57 Å². The van der Waals surface area contributed by atoms with Gasteiger partial charge in [0.25, 0.3) is 0 Å². The Bertz CT molecular complexity index is 72.2. The molecule has 0 atom stereocenters. The predicted octanol–water partition coefficient (Wildman–Crippen LogP) is -0.0382. The highest BCUT2D eigenvalue weighted by atomic mass is 31.1. The van der Waals surface area contributed by atoms with Crippen LogP contribution in [0.4, 0.5) is 0 Å². The minimum atomic E-state index is -3.13. The number of nitrogens with two attached hydrogens (primary N) is 1. The molecule has 0 radical (unpaired) electrons. The maximum absolute atomic E-state index is 8.74. The van der Waals surface area contributed by atoms with Crippen LogP contribution in [0.1, 0.15) is 13.8 Å². The molecule has 0 rings (SSSR count). The molecule has 0 aromatic rings. The van der Waals surface area contributed by atoms with Crippen LogP contribution in [0.15, 0.2) is 0 Å². The lowest BCUT2D eigenvalue weighted by Gasteiger charge is -1.91. The van der Waals surface area contributed by atoms with Gasteiger partial charge in [0.1, 0.15) is 0 Å². The van der Waals surface area contributed by atoms with Crippen molar-refractivity contribution < 1.29 is 14.4 Å². The fraction of sp³-hybridized carbons (Fsp3) is 1.00. The molecule has 0 aliphatic heterocycles. The third-order valence-corrected chi connectivity index (χ3v) is 0.471. The Morgan fingerprint density at radius 2 is 1.67 bits per heavy atom. The van der Waals surface area contributed by atoms with Crippen molar-refractivity contribution in [2.24, 2.45) is 11.7 Å². The van der Waals surface area contributed by atoms with Crippen LogP contribution in [0.3, 0.4) is 0 Å². The first-order chi connectivity index (χ1) is 4.00. The van der Waals surface area contributed by atoms with Crippen LogP contribution in [-0.2, 0) is 4.57 Å². The van der Waals surface area contributed by atoms with Crippen molar-refractivity contribution in [1.29, 1.82) is 0 Å². The molecule has 0 aromatic heterocycles. The van der Waals surface area contributed by atoms with E-state index in [1.165, 1.54) is 0 Å². The SMILES string of the molecule is CC(C)CN.O=[PH](O)O. The summed E-state index contributed by atoms with van der Waals surface area (Å²) in [6.45, 7) is 5.00. The molecule has 0 unspecified atom stereocenters. The molecule has 0 aliphatic rings. The van der Waals surface area contributed by atoms with E-state index in [4.69, 9.17) is 20.1 Å². The quantitative estimate of drug-likeness (QED) is 0.464. The van der Waals surface area contributed by atoms with Gasteiger partial charge in [-0.2, -0.15) is 0 Å². The van der Waals surface area contributed by atoms with E-state index in [9.17, 15) is 0 Å². The van der Waals surface area contributed by atoms with Crippen molar-refractivity contribution in [3.05, 3.63) is 0 Å². The van der Waals surface area contributed by atoms with Gasteiger partial charge in [-0.25, -0.2) is 0 Å². The summed E-state index contributed by atoms with van der Waals surface area (Å²) < 4.78 is 8.74. The zero-order valence-corrected chi connectivity index (χ0v) is 6.66. The van der Waals surface area contributed by atoms with Crippen molar-refractivity contribution in [2.75, 3.05) is 6.54 Å². The van der Waals surface area contributed by atoms with E-state index in [-0.39, 0.29) is 0 Å². The van der Waals surface area contributed by atoms with Gasteiger partial charge in [-0.05, 0) is 12.5 Å². The second kappa shape index (κ2) is 8.11. The van der Waals surface area contributed by atoms with Crippen molar-refractivity contribution in [1.82, 2.24) is 0 Å². The molecule has 5 heteroatoms. The van der Waals surface area contributed by atoms with E-state index in [1.807, 2.05) is 0 Å². The highest BCUT2D eigenvalue weighted by Gasteiger charge is 1.80. The van der Waals surface area contributed by atoms with Gasteiger partial charge in [0.05, 0.1) is 0 Å². The third kappa shape index (κ3) is 68.0. The Morgan fingerprint density at radius 1 is 1.56 bits per heavy atom. The summed E-state index contributed by atoms with van der Waals surface area (Å²) in [5.74, 6) is 0.662. The van der Waals surface area contributed by atoms with Crippen LogP contribution in [0.2, 0.25) is 0 Å². The zero-order chi connectivity index (χ0) is 7.86. The molecule has 0 aromatic carbocycles. The van der Waals surface area contributed by atoms with Gasteiger partial charge in [-0.1, -0.05) is 13.8 Å². The molecule has 0 saturated carbocycles. The Hall–Kier alpha value is 0.110. The Balaban J connectivity index is 0. The molecule has 0 amide bonds. The highest BCUT2D eigenvalue weighted by molar-refractivity contribution is 7.30. The van der Waals surface area contributed by atoms with E-state index in [0.717, 1.165) is 6.54 Å². The Labute approximate surface area is 55.6 Å². The molecule has 0 spiro atoms. The van der Waals surface area contributed by atoms with E-state index in [2.05, 4.69) is 13.8 Å². The number of hydrogen-bond acceptors (Lipinski definition) is 2. The summed E-state index contributed by atoms with van der Waals surface area (Å²) in [6, 6.07) is 0. The molecular formula is C4H14NO3P. The van der Waals surface area contributed by atoms with Crippen molar-refractivity contribution in [3.8, 4) is 0 Å². The molecule has 0 saturated heterocycles. The molecule has 0 bridgehead atoms. The van der Waals surface area contributed by atoms with E-state index >= 15 is 0 Å². The van der Waals surface area contributed by atoms with Gasteiger partial charge in [-0.15, -0.1) is 0 Å². The smallest absolute Gasteiger partial charge is 0.314 e. The monoisotopic (exact) mass is 155 g/mol. The van der Waals surface area contributed by atoms with Crippen LogP contribution >= 0.6 is 8.25 Å². The lowest BCUT2D eigenvalue weighted by Crippen LogP contribution is -2.05. The average Bonchev–Trinajstić information content (AvgIpc) is 1.65. The first-order valence-electron chi connectivity index (χ1n) is 2.62. The zero-order valence-electron chi connectivity index (χ0n) is 5.66. The first-order valence-corrected chi connectivity index (χ1v) is 3.93. The lowest BCUT2D eigenvalue weighted by molar-refractivity contribution is 0.405. The van der Waals surface area contributed by atoms with Gasteiger partial charge >= 0.3 is 8.25 Å². The summed E-state index contributed by atoms with van der Waals surface area (Å²) in [5, 5.41) is 0. The van der Waals surface area contributed by atoms with Crippen molar-refractivity contribution >= 4 is 8.25 Å². The lowest BCUT2D eigenvalue weighted by atomic mass is 10.2. The maximum atomic E-state index is 8.74. The van der Waals surface area contributed by atoms with Crippen molar-refractivity contribution in [3.63, 3.8) is 0 Å². The normalized spacial score (nSPS) is 9.22. The maximum Gasteiger partial charge on any atom is 0.314 e. The molecule has 0 aliphatic carbocycles. The Morgan fingerprint density at radius 3 is 1.67 bits per heavy atom. The van der Waals surface area contributed by atoms with Crippen LogP contribution in [0.25, 0.3) is 0 Å². The highest BCUT2D eigenvalue weighted by Crippen LogP contribution is 1.98. The summed E-state index contributed by atoms with van der Waals surface area (Å²) in [5.41, 5.74) is 5.17. The Kier molecular flexibility index (Phi) is 10.7.